The van der Waals surface area contributed by atoms with E-state index in [0.29, 0.717) is 5.82 Å². The Morgan fingerprint density at radius 1 is 1.35 bits per heavy atom. The fourth-order valence-corrected chi connectivity index (χ4v) is 2.50. The molecule has 1 aliphatic rings. The van der Waals surface area contributed by atoms with Crippen molar-refractivity contribution < 1.29 is 4.79 Å². The van der Waals surface area contributed by atoms with Crippen LogP contribution < -0.4 is 10.6 Å². The molecule has 2 N–H and O–H groups in total. The van der Waals surface area contributed by atoms with Gasteiger partial charge in [-0.1, -0.05) is 0 Å². The van der Waals surface area contributed by atoms with Gasteiger partial charge < -0.3 is 10.6 Å². The molecule has 7 heteroatoms. The first-order valence-corrected chi connectivity index (χ1v) is 7.46. The molecular formula is C16H16N6O. The highest BCUT2D eigenvalue weighted by Gasteiger charge is 2.25. The van der Waals surface area contributed by atoms with Crippen molar-refractivity contribution in [2.75, 3.05) is 18.4 Å². The Bertz CT molecular complexity index is 883. The van der Waals surface area contributed by atoms with Crippen molar-refractivity contribution in [3.05, 3.63) is 36.8 Å². The molecule has 4 heterocycles. The Balaban J connectivity index is 1.65. The standard InChI is InChI=1S/C16H16N6O/c1-22-9-12(8-19-22)13-3-2-10-7-18-15(4-14(10)20-13)21-16(23)11-5-17-6-11/h2-4,7-9,11,17H,5-6H2,1H3,(H,18,21,23). The van der Waals surface area contributed by atoms with E-state index in [0.717, 1.165) is 35.2 Å². The van der Waals surface area contributed by atoms with Gasteiger partial charge in [-0.05, 0) is 12.1 Å². The second-order valence-electron chi connectivity index (χ2n) is 5.71. The first kappa shape index (κ1) is 13.8. The van der Waals surface area contributed by atoms with Gasteiger partial charge in [-0.2, -0.15) is 5.10 Å². The molecule has 0 aromatic carbocycles. The minimum Gasteiger partial charge on any atom is -0.315 e. The van der Waals surface area contributed by atoms with Crippen molar-refractivity contribution in [2.24, 2.45) is 13.0 Å². The van der Waals surface area contributed by atoms with E-state index in [1.54, 1.807) is 23.1 Å². The van der Waals surface area contributed by atoms with Gasteiger partial charge in [0.1, 0.15) is 5.82 Å². The monoisotopic (exact) mass is 308 g/mol. The molecule has 0 bridgehead atoms. The van der Waals surface area contributed by atoms with Crippen LogP contribution in [0.2, 0.25) is 0 Å². The third kappa shape index (κ3) is 2.66. The summed E-state index contributed by atoms with van der Waals surface area (Å²) in [4.78, 5) is 20.9. The summed E-state index contributed by atoms with van der Waals surface area (Å²) in [7, 11) is 1.87. The second kappa shape index (κ2) is 5.44. The van der Waals surface area contributed by atoms with Gasteiger partial charge in [0, 0.05) is 49.5 Å². The van der Waals surface area contributed by atoms with E-state index in [1.165, 1.54) is 0 Å². The number of rotatable bonds is 3. The summed E-state index contributed by atoms with van der Waals surface area (Å²) in [6, 6.07) is 5.72. The molecular weight excluding hydrogens is 292 g/mol. The highest BCUT2D eigenvalue weighted by atomic mass is 16.2. The fourth-order valence-electron chi connectivity index (χ4n) is 2.50. The zero-order chi connectivity index (χ0) is 15.8. The highest BCUT2D eigenvalue weighted by Crippen LogP contribution is 2.21. The first-order chi connectivity index (χ1) is 11.2. The van der Waals surface area contributed by atoms with E-state index in [9.17, 15) is 4.79 Å². The molecule has 1 aliphatic heterocycles. The maximum atomic E-state index is 12.0. The zero-order valence-electron chi connectivity index (χ0n) is 12.7. The van der Waals surface area contributed by atoms with Crippen LogP contribution >= 0.6 is 0 Å². The summed E-state index contributed by atoms with van der Waals surface area (Å²) in [6.45, 7) is 1.45. The Morgan fingerprint density at radius 2 is 2.22 bits per heavy atom. The van der Waals surface area contributed by atoms with Crippen LogP contribution in [0.5, 0.6) is 0 Å². The normalized spacial score (nSPS) is 14.7. The molecule has 7 nitrogen and oxygen atoms in total. The number of aromatic nitrogens is 4. The van der Waals surface area contributed by atoms with Crippen LogP contribution in [0.3, 0.4) is 0 Å². The third-order valence-electron chi connectivity index (χ3n) is 3.98. The summed E-state index contributed by atoms with van der Waals surface area (Å²) in [5.41, 5.74) is 2.60. The van der Waals surface area contributed by atoms with Crippen LogP contribution in [0.15, 0.2) is 36.8 Å². The number of carbonyl (C=O) groups is 1. The molecule has 4 rings (SSSR count). The van der Waals surface area contributed by atoms with Gasteiger partial charge in [0.2, 0.25) is 5.91 Å². The second-order valence-corrected chi connectivity index (χ2v) is 5.71. The maximum absolute atomic E-state index is 12.0. The van der Waals surface area contributed by atoms with Gasteiger partial charge >= 0.3 is 0 Å². The molecule has 1 amide bonds. The molecule has 1 saturated heterocycles. The van der Waals surface area contributed by atoms with E-state index >= 15 is 0 Å². The van der Waals surface area contributed by atoms with Crippen LogP contribution in [-0.2, 0) is 11.8 Å². The average molecular weight is 308 g/mol. The number of aryl methyl sites for hydroxylation is 1. The van der Waals surface area contributed by atoms with Gasteiger partial charge in [-0.3, -0.25) is 9.48 Å². The summed E-state index contributed by atoms with van der Waals surface area (Å²) < 4.78 is 1.74. The molecule has 0 radical (unpaired) electrons. The number of anilines is 1. The van der Waals surface area contributed by atoms with E-state index in [2.05, 4.69) is 25.7 Å². The molecule has 0 unspecified atom stereocenters. The average Bonchev–Trinajstić information content (AvgIpc) is 2.91. The number of nitrogens with one attached hydrogen (secondary N) is 2. The Hall–Kier alpha value is -2.80. The minimum atomic E-state index is -0.000913. The van der Waals surface area contributed by atoms with Gasteiger partial charge in [0.05, 0.1) is 23.3 Å². The van der Waals surface area contributed by atoms with Crippen LogP contribution in [-0.4, -0.2) is 38.7 Å². The number of fused-ring (bicyclic) bond motifs is 1. The number of hydrogen-bond acceptors (Lipinski definition) is 5. The van der Waals surface area contributed by atoms with Crippen molar-refractivity contribution in [3.63, 3.8) is 0 Å². The molecule has 3 aromatic heterocycles. The van der Waals surface area contributed by atoms with Crippen LogP contribution in [0.4, 0.5) is 5.82 Å². The van der Waals surface area contributed by atoms with Crippen molar-refractivity contribution >= 4 is 22.6 Å². The predicted molar refractivity (Wildman–Crippen MR) is 86.7 cm³/mol. The molecule has 23 heavy (non-hydrogen) atoms. The number of amides is 1. The van der Waals surface area contributed by atoms with Crippen LogP contribution in [0.1, 0.15) is 0 Å². The zero-order valence-corrected chi connectivity index (χ0v) is 12.7. The number of hydrogen-bond donors (Lipinski definition) is 2. The first-order valence-electron chi connectivity index (χ1n) is 7.46. The van der Waals surface area contributed by atoms with Gasteiger partial charge in [-0.15, -0.1) is 0 Å². The summed E-state index contributed by atoms with van der Waals surface area (Å²) in [5, 5.41) is 11.0. The summed E-state index contributed by atoms with van der Waals surface area (Å²) in [6.07, 6.45) is 5.42. The Labute approximate surface area is 132 Å². The smallest absolute Gasteiger partial charge is 0.231 e. The van der Waals surface area contributed by atoms with Gasteiger partial charge in [0.15, 0.2) is 0 Å². The summed E-state index contributed by atoms with van der Waals surface area (Å²) >= 11 is 0. The molecule has 116 valence electrons. The topological polar surface area (TPSA) is 84.7 Å². The van der Waals surface area contributed by atoms with Crippen molar-refractivity contribution in [1.82, 2.24) is 25.1 Å². The Kier molecular flexibility index (Phi) is 3.27. The number of nitrogens with zero attached hydrogens (tertiary/aromatic N) is 4. The number of pyridine rings is 2. The van der Waals surface area contributed by atoms with Gasteiger partial charge in [0.25, 0.3) is 0 Å². The molecule has 1 fully saturated rings. The SMILES string of the molecule is Cn1cc(-c2ccc3cnc(NC(=O)C4CNC4)cc3n2)cn1. The van der Waals surface area contributed by atoms with Crippen LogP contribution in [0.25, 0.3) is 22.2 Å². The van der Waals surface area contributed by atoms with E-state index < -0.39 is 0 Å². The third-order valence-corrected chi connectivity index (χ3v) is 3.98. The molecule has 3 aromatic rings. The lowest BCUT2D eigenvalue weighted by molar-refractivity contribution is -0.121. The van der Waals surface area contributed by atoms with E-state index in [1.807, 2.05) is 25.4 Å². The van der Waals surface area contributed by atoms with E-state index in [-0.39, 0.29) is 11.8 Å². The van der Waals surface area contributed by atoms with Crippen LogP contribution in [0, 0.1) is 5.92 Å². The molecule has 0 spiro atoms. The lowest BCUT2D eigenvalue weighted by atomic mass is 10.0. The quantitative estimate of drug-likeness (QED) is 0.759. The lowest BCUT2D eigenvalue weighted by Crippen LogP contribution is -2.48. The number of carbonyl (C=O) groups excluding carboxylic acids is 1. The van der Waals surface area contributed by atoms with E-state index in [4.69, 9.17) is 0 Å². The maximum Gasteiger partial charge on any atom is 0.231 e. The van der Waals surface area contributed by atoms with Gasteiger partial charge in [-0.25, -0.2) is 9.97 Å². The fraction of sp³-hybridized carbons (Fsp3) is 0.250. The van der Waals surface area contributed by atoms with Crippen molar-refractivity contribution in [1.29, 1.82) is 0 Å². The predicted octanol–water partition coefficient (Wildman–Crippen LogP) is 1.19. The Morgan fingerprint density at radius 3 is 2.91 bits per heavy atom. The molecule has 0 saturated carbocycles. The lowest BCUT2D eigenvalue weighted by Gasteiger charge is -2.25. The molecule has 0 aliphatic carbocycles. The van der Waals surface area contributed by atoms with Crippen molar-refractivity contribution in [2.45, 2.75) is 0 Å². The highest BCUT2D eigenvalue weighted by molar-refractivity contribution is 5.94. The van der Waals surface area contributed by atoms with Crippen molar-refractivity contribution in [3.8, 4) is 11.3 Å². The summed E-state index contributed by atoms with van der Waals surface area (Å²) in [5.74, 6) is 0.562. The minimum absolute atomic E-state index is 0.000913. The largest absolute Gasteiger partial charge is 0.315 e. The molecule has 0 atom stereocenters.